The molecule has 20 heavy (non-hydrogen) atoms. The summed E-state index contributed by atoms with van der Waals surface area (Å²) in [5, 5.41) is 3.17. The molecule has 0 unspecified atom stereocenters. The first-order valence-electron chi connectivity index (χ1n) is 7.28. The molecule has 0 radical (unpaired) electrons. The van der Waals surface area contributed by atoms with E-state index < -0.39 is 0 Å². The fourth-order valence-corrected chi connectivity index (χ4v) is 1.89. The number of rotatable bonds is 8. The minimum Gasteiger partial charge on any atom is -0.476 e. The van der Waals surface area contributed by atoms with Crippen LogP contribution in [0, 0.1) is 5.92 Å². The Balaban J connectivity index is 2.07. The minimum atomic E-state index is 0.574. The van der Waals surface area contributed by atoms with E-state index >= 15 is 0 Å². The molecule has 6 heteroatoms. The molecule has 0 aromatic carbocycles. The summed E-state index contributed by atoms with van der Waals surface area (Å²) < 4.78 is 5.79. The average Bonchev–Trinajstić information content (AvgIpc) is 2.89. The number of H-pyrrole nitrogens is 1. The van der Waals surface area contributed by atoms with Gasteiger partial charge in [-0.15, -0.1) is 0 Å². The van der Waals surface area contributed by atoms with Gasteiger partial charge in [-0.3, -0.25) is 0 Å². The number of fused-ring (bicyclic) bond motifs is 1. The fraction of sp³-hybridized carbons (Fsp3) is 0.643. The SMILES string of the molecule is CCCNc1nc(OCCCC(C)C)c2[nH]cnc2n1. The molecule has 0 atom stereocenters. The molecule has 110 valence electrons. The number of aromatic amines is 1. The van der Waals surface area contributed by atoms with Crippen LogP contribution in [0.25, 0.3) is 11.2 Å². The maximum absolute atomic E-state index is 5.79. The molecule has 0 aliphatic heterocycles. The number of nitrogens with one attached hydrogen (secondary N) is 2. The lowest BCUT2D eigenvalue weighted by molar-refractivity contribution is 0.290. The predicted octanol–water partition coefficient (Wildman–Crippen LogP) is 2.99. The molecule has 0 saturated carbocycles. The van der Waals surface area contributed by atoms with E-state index in [9.17, 15) is 0 Å². The summed E-state index contributed by atoms with van der Waals surface area (Å²) in [5.41, 5.74) is 1.40. The summed E-state index contributed by atoms with van der Waals surface area (Å²) in [5.74, 6) is 1.85. The first-order chi connectivity index (χ1) is 9.70. The van der Waals surface area contributed by atoms with E-state index in [4.69, 9.17) is 4.74 Å². The van der Waals surface area contributed by atoms with Gasteiger partial charge in [-0.05, 0) is 25.2 Å². The Morgan fingerprint density at radius 2 is 2.20 bits per heavy atom. The smallest absolute Gasteiger partial charge is 0.245 e. The van der Waals surface area contributed by atoms with Crippen molar-refractivity contribution in [3.8, 4) is 5.88 Å². The Bertz CT molecular complexity index is 537. The average molecular weight is 277 g/mol. The number of hydrogen-bond acceptors (Lipinski definition) is 5. The molecule has 2 aromatic heterocycles. The normalized spacial score (nSPS) is 11.2. The molecule has 2 aromatic rings. The van der Waals surface area contributed by atoms with Gasteiger partial charge >= 0.3 is 0 Å². The molecule has 6 nitrogen and oxygen atoms in total. The standard InChI is InChI=1S/C14H23N5O/c1-4-7-15-14-18-12-11(16-9-17-12)13(19-14)20-8-5-6-10(2)3/h9-10H,4-8H2,1-3H3,(H2,15,16,17,18,19). The van der Waals surface area contributed by atoms with Crippen LogP contribution in [-0.4, -0.2) is 33.1 Å². The quantitative estimate of drug-likeness (QED) is 0.725. The van der Waals surface area contributed by atoms with Crippen LogP contribution in [0.4, 0.5) is 5.95 Å². The second-order valence-corrected chi connectivity index (χ2v) is 5.26. The lowest BCUT2D eigenvalue weighted by atomic mass is 10.1. The maximum atomic E-state index is 5.79. The van der Waals surface area contributed by atoms with Gasteiger partial charge in [-0.25, -0.2) is 4.98 Å². The Kier molecular flexibility index (Phi) is 5.15. The van der Waals surface area contributed by atoms with Crippen molar-refractivity contribution in [1.82, 2.24) is 19.9 Å². The van der Waals surface area contributed by atoms with Crippen LogP contribution >= 0.6 is 0 Å². The zero-order chi connectivity index (χ0) is 14.4. The van der Waals surface area contributed by atoms with E-state index in [0.29, 0.717) is 30.0 Å². The van der Waals surface area contributed by atoms with Crippen LogP contribution in [0.2, 0.25) is 0 Å². The van der Waals surface area contributed by atoms with Gasteiger partial charge in [0, 0.05) is 6.54 Å². The summed E-state index contributed by atoms with van der Waals surface area (Å²) in [6.45, 7) is 8.03. The van der Waals surface area contributed by atoms with Crippen LogP contribution in [0.15, 0.2) is 6.33 Å². The second kappa shape index (κ2) is 7.07. The van der Waals surface area contributed by atoms with Crippen LogP contribution in [0.5, 0.6) is 5.88 Å². The first-order valence-corrected chi connectivity index (χ1v) is 7.28. The van der Waals surface area contributed by atoms with E-state index in [2.05, 4.69) is 46.0 Å². The zero-order valence-electron chi connectivity index (χ0n) is 12.4. The van der Waals surface area contributed by atoms with Gasteiger partial charge in [0.15, 0.2) is 5.65 Å². The van der Waals surface area contributed by atoms with Crippen molar-refractivity contribution in [3.05, 3.63) is 6.33 Å². The summed E-state index contributed by atoms with van der Waals surface area (Å²) in [6, 6.07) is 0. The molecule has 0 spiro atoms. The monoisotopic (exact) mass is 277 g/mol. The maximum Gasteiger partial charge on any atom is 0.245 e. The van der Waals surface area contributed by atoms with Gasteiger partial charge in [-0.1, -0.05) is 20.8 Å². The highest BCUT2D eigenvalue weighted by atomic mass is 16.5. The third-order valence-corrected chi connectivity index (χ3v) is 2.95. The van der Waals surface area contributed by atoms with E-state index in [1.54, 1.807) is 6.33 Å². The highest BCUT2D eigenvalue weighted by Gasteiger charge is 2.10. The Labute approximate surface area is 119 Å². The summed E-state index contributed by atoms with van der Waals surface area (Å²) >= 11 is 0. The molecule has 0 saturated heterocycles. The van der Waals surface area contributed by atoms with E-state index in [1.807, 2.05) is 0 Å². The lowest BCUT2D eigenvalue weighted by Crippen LogP contribution is -2.07. The summed E-state index contributed by atoms with van der Waals surface area (Å²) in [7, 11) is 0. The largest absolute Gasteiger partial charge is 0.476 e. The van der Waals surface area contributed by atoms with Crippen molar-refractivity contribution >= 4 is 17.1 Å². The molecule has 2 rings (SSSR count). The number of hydrogen-bond donors (Lipinski definition) is 2. The highest BCUT2D eigenvalue weighted by Crippen LogP contribution is 2.21. The van der Waals surface area contributed by atoms with Gasteiger partial charge in [-0.2, -0.15) is 9.97 Å². The summed E-state index contributed by atoms with van der Waals surface area (Å²) in [4.78, 5) is 16.0. The van der Waals surface area contributed by atoms with Crippen molar-refractivity contribution in [2.45, 2.75) is 40.0 Å². The van der Waals surface area contributed by atoms with Gasteiger partial charge in [0.1, 0.15) is 5.52 Å². The van der Waals surface area contributed by atoms with Crippen LogP contribution < -0.4 is 10.1 Å². The molecular weight excluding hydrogens is 254 g/mol. The Hall–Kier alpha value is -1.85. The first kappa shape index (κ1) is 14.6. The highest BCUT2D eigenvalue weighted by molar-refractivity contribution is 5.76. The number of imidazole rings is 1. The van der Waals surface area contributed by atoms with Gasteiger partial charge in [0.25, 0.3) is 0 Å². The number of aromatic nitrogens is 4. The molecular formula is C14H23N5O. The van der Waals surface area contributed by atoms with E-state index in [0.717, 1.165) is 31.3 Å². The number of nitrogens with zero attached hydrogens (tertiary/aromatic N) is 3. The van der Waals surface area contributed by atoms with Crippen molar-refractivity contribution in [3.63, 3.8) is 0 Å². The third kappa shape index (κ3) is 3.82. The van der Waals surface area contributed by atoms with Crippen molar-refractivity contribution in [1.29, 1.82) is 0 Å². The number of anilines is 1. The third-order valence-electron chi connectivity index (χ3n) is 2.95. The van der Waals surface area contributed by atoms with E-state index in [1.165, 1.54) is 0 Å². The molecule has 2 N–H and O–H groups in total. The molecule has 0 fully saturated rings. The van der Waals surface area contributed by atoms with E-state index in [-0.39, 0.29) is 0 Å². The molecule has 0 aliphatic carbocycles. The minimum absolute atomic E-state index is 0.574. The Morgan fingerprint density at radius 3 is 2.95 bits per heavy atom. The predicted molar refractivity (Wildman–Crippen MR) is 80.0 cm³/mol. The van der Waals surface area contributed by atoms with Crippen molar-refractivity contribution < 1.29 is 4.74 Å². The topological polar surface area (TPSA) is 75.7 Å². The molecule has 0 aliphatic rings. The number of ether oxygens (including phenoxy) is 1. The molecule has 0 amide bonds. The van der Waals surface area contributed by atoms with Gasteiger partial charge < -0.3 is 15.0 Å². The lowest BCUT2D eigenvalue weighted by Gasteiger charge is -2.09. The zero-order valence-corrected chi connectivity index (χ0v) is 12.4. The molecule has 2 heterocycles. The van der Waals surface area contributed by atoms with Crippen LogP contribution in [-0.2, 0) is 0 Å². The van der Waals surface area contributed by atoms with Gasteiger partial charge in [0.2, 0.25) is 11.8 Å². The van der Waals surface area contributed by atoms with Crippen molar-refractivity contribution in [2.75, 3.05) is 18.5 Å². The Morgan fingerprint density at radius 1 is 1.35 bits per heavy atom. The van der Waals surface area contributed by atoms with Crippen molar-refractivity contribution in [2.24, 2.45) is 5.92 Å². The second-order valence-electron chi connectivity index (χ2n) is 5.26. The van der Waals surface area contributed by atoms with Crippen LogP contribution in [0.3, 0.4) is 0 Å². The van der Waals surface area contributed by atoms with Gasteiger partial charge in [0.05, 0.1) is 12.9 Å². The van der Waals surface area contributed by atoms with Crippen LogP contribution in [0.1, 0.15) is 40.0 Å². The molecule has 0 bridgehead atoms. The fourth-order valence-electron chi connectivity index (χ4n) is 1.89. The summed E-state index contributed by atoms with van der Waals surface area (Å²) in [6.07, 6.45) is 4.81.